The fourth-order valence-electron chi connectivity index (χ4n) is 3.62. The highest BCUT2D eigenvalue weighted by Gasteiger charge is 2.09. The quantitative estimate of drug-likeness (QED) is 0.390. The van der Waals surface area contributed by atoms with Crippen LogP contribution in [-0.4, -0.2) is 20.1 Å². The van der Waals surface area contributed by atoms with Crippen LogP contribution in [0.5, 0.6) is 5.75 Å². The molecule has 1 aromatic heterocycles. The van der Waals surface area contributed by atoms with Gasteiger partial charge in [-0.15, -0.1) is 15.0 Å². The average molecular weight is 380 g/mol. The first kappa shape index (κ1) is 20.4. The first-order valence-corrected chi connectivity index (χ1v) is 10.8. The maximum Gasteiger partial charge on any atom is 0.143 e. The molecule has 0 radical (unpaired) electrons. The van der Waals surface area contributed by atoms with Crippen molar-refractivity contribution >= 4 is 11.0 Å². The molecule has 0 atom stereocenters. The molecule has 0 fully saturated rings. The van der Waals surface area contributed by atoms with Crippen LogP contribution in [0.3, 0.4) is 0 Å². The van der Waals surface area contributed by atoms with E-state index >= 15 is 0 Å². The van der Waals surface area contributed by atoms with Crippen LogP contribution in [0.25, 0.3) is 16.7 Å². The van der Waals surface area contributed by atoms with Crippen molar-refractivity contribution < 1.29 is 5.11 Å². The summed E-state index contributed by atoms with van der Waals surface area (Å²) >= 11 is 0. The minimum absolute atomic E-state index is 0.213. The van der Waals surface area contributed by atoms with E-state index < -0.39 is 0 Å². The Bertz CT molecular complexity index is 836. The maximum absolute atomic E-state index is 10.3. The number of phenolic OH excluding ortho intramolecular Hbond substituents is 1. The molecule has 0 amide bonds. The fraction of sp³-hybridized carbons (Fsp3) is 0.500. The molecule has 2 aromatic carbocycles. The van der Waals surface area contributed by atoms with E-state index in [2.05, 4.69) is 24.0 Å². The molecule has 3 rings (SSSR count). The molecule has 3 aromatic rings. The Labute approximate surface area is 168 Å². The van der Waals surface area contributed by atoms with Crippen LogP contribution in [0.15, 0.2) is 42.5 Å². The van der Waals surface area contributed by atoms with Crippen molar-refractivity contribution in [2.24, 2.45) is 5.92 Å². The molecule has 0 bridgehead atoms. The van der Waals surface area contributed by atoms with Gasteiger partial charge in [0.1, 0.15) is 22.5 Å². The zero-order chi connectivity index (χ0) is 19.8. The predicted octanol–water partition coefficient (Wildman–Crippen LogP) is 6.45. The van der Waals surface area contributed by atoms with E-state index in [0.29, 0.717) is 5.69 Å². The lowest BCUT2D eigenvalue weighted by atomic mass is 10.0. The number of rotatable bonds is 11. The molecular weight excluding hydrogens is 346 g/mol. The zero-order valence-corrected chi connectivity index (χ0v) is 17.3. The van der Waals surface area contributed by atoms with E-state index in [1.54, 1.807) is 10.9 Å². The molecule has 0 saturated carbocycles. The molecule has 1 heterocycles. The van der Waals surface area contributed by atoms with Gasteiger partial charge in [0, 0.05) is 0 Å². The largest absolute Gasteiger partial charge is 0.506 e. The number of fused-ring (bicyclic) bond motifs is 1. The van der Waals surface area contributed by atoms with Gasteiger partial charge in [0.2, 0.25) is 0 Å². The smallest absolute Gasteiger partial charge is 0.143 e. The Morgan fingerprint density at radius 2 is 1.43 bits per heavy atom. The van der Waals surface area contributed by atoms with Crippen molar-refractivity contribution in [2.75, 3.05) is 0 Å². The third kappa shape index (κ3) is 5.82. The second-order valence-electron chi connectivity index (χ2n) is 8.21. The topological polar surface area (TPSA) is 50.9 Å². The molecule has 150 valence electrons. The average Bonchev–Trinajstić information content (AvgIpc) is 3.11. The molecule has 0 aliphatic rings. The van der Waals surface area contributed by atoms with E-state index in [9.17, 15) is 5.11 Å². The van der Waals surface area contributed by atoms with Gasteiger partial charge in [0.05, 0.1) is 0 Å². The second kappa shape index (κ2) is 10.3. The standard InChI is InChI=1S/C24H33N3O/c1-19(2)12-8-6-4-3-5-7-9-13-20-16-17-24(28)23(18-20)27-25-21-14-10-11-15-22(21)26-27/h10-11,14-19,28H,3-9,12-13H2,1-2H3. The normalized spacial score (nSPS) is 11.5. The summed E-state index contributed by atoms with van der Waals surface area (Å²) in [4.78, 5) is 1.54. The molecular formula is C24H33N3O. The van der Waals surface area contributed by atoms with Crippen LogP contribution in [0.1, 0.15) is 70.8 Å². The number of nitrogens with zero attached hydrogens (tertiary/aromatic N) is 3. The lowest BCUT2D eigenvalue weighted by Gasteiger charge is -2.07. The lowest BCUT2D eigenvalue weighted by Crippen LogP contribution is -2.00. The van der Waals surface area contributed by atoms with Crippen LogP contribution in [0.2, 0.25) is 0 Å². The van der Waals surface area contributed by atoms with E-state index in [4.69, 9.17) is 0 Å². The van der Waals surface area contributed by atoms with Crippen LogP contribution in [0.4, 0.5) is 0 Å². The van der Waals surface area contributed by atoms with E-state index in [1.165, 1.54) is 56.9 Å². The van der Waals surface area contributed by atoms with Gasteiger partial charge in [0.25, 0.3) is 0 Å². The summed E-state index contributed by atoms with van der Waals surface area (Å²) in [7, 11) is 0. The van der Waals surface area contributed by atoms with E-state index in [-0.39, 0.29) is 5.75 Å². The van der Waals surface area contributed by atoms with Gasteiger partial charge in [0.15, 0.2) is 0 Å². The molecule has 1 N–H and O–H groups in total. The molecule has 4 nitrogen and oxygen atoms in total. The van der Waals surface area contributed by atoms with E-state index in [1.807, 2.05) is 36.4 Å². The zero-order valence-electron chi connectivity index (χ0n) is 17.3. The van der Waals surface area contributed by atoms with Crippen molar-refractivity contribution in [1.82, 2.24) is 15.0 Å². The van der Waals surface area contributed by atoms with Crippen LogP contribution in [-0.2, 0) is 6.42 Å². The van der Waals surface area contributed by atoms with Gasteiger partial charge in [-0.05, 0) is 48.6 Å². The van der Waals surface area contributed by atoms with Crippen molar-refractivity contribution in [3.8, 4) is 11.4 Å². The molecule has 28 heavy (non-hydrogen) atoms. The van der Waals surface area contributed by atoms with Gasteiger partial charge >= 0.3 is 0 Å². The Kier molecular flexibility index (Phi) is 7.46. The van der Waals surface area contributed by atoms with Gasteiger partial charge in [-0.3, -0.25) is 0 Å². The Hall–Kier alpha value is -2.36. The molecule has 0 spiro atoms. The third-order valence-electron chi connectivity index (χ3n) is 5.29. The molecule has 0 aliphatic heterocycles. The number of aromatic nitrogens is 3. The Morgan fingerprint density at radius 3 is 2.07 bits per heavy atom. The highest BCUT2D eigenvalue weighted by Crippen LogP contribution is 2.24. The SMILES string of the molecule is CC(C)CCCCCCCCCc1ccc(O)c(-n2nc3ccccc3n2)c1. The molecule has 0 unspecified atom stereocenters. The van der Waals surface area contributed by atoms with Gasteiger partial charge in [-0.1, -0.05) is 77.0 Å². The summed E-state index contributed by atoms with van der Waals surface area (Å²) in [6.45, 7) is 4.61. The van der Waals surface area contributed by atoms with Crippen molar-refractivity contribution in [2.45, 2.75) is 71.6 Å². The monoisotopic (exact) mass is 379 g/mol. The predicted molar refractivity (Wildman–Crippen MR) is 116 cm³/mol. The third-order valence-corrected chi connectivity index (χ3v) is 5.29. The van der Waals surface area contributed by atoms with Crippen LogP contribution >= 0.6 is 0 Å². The Morgan fingerprint density at radius 1 is 0.821 bits per heavy atom. The summed E-state index contributed by atoms with van der Waals surface area (Å²) in [5.74, 6) is 1.05. The highest BCUT2D eigenvalue weighted by atomic mass is 16.3. The first-order chi connectivity index (χ1) is 13.6. The molecule has 4 heteroatoms. The Balaban J connectivity index is 1.46. The van der Waals surface area contributed by atoms with Gasteiger partial charge in [-0.25, -0.2) is 0 Å². The minimum atomic E-state index is 0.213. The van der Waals surface area contributed by atoms with Crippen molar-refractivity contribution in [3.05, 3.63) is 48.0 Å². The van der Waals surface area contributed by atoms with Crippen LogP contribution in [0, 0.1) is 5.92 Å². The summed E-state index contributed by atoms with van der Waals surface area (Å²) in [6, 6.07) is 13.5. The van der Waals surface area contributed by atoms with Gasteiger partial charge in [-0.2, -0.15) is 0 Å². The number of aryl methyl sites for hydroxylation is 1. The molecule has 0 aliphatic carbocycles. The fourth-order valence-corrected chi connectivity index (χ4v) is 3.62. The highest BCUT2D eigenvalue weighted by molar-refractivity contribution is 5.73. The van der Waals surface area contributed by atoms with Crippen LogP contribution < -0.4 is 0 Å². The lowest BCUT2D eigenvalue weighted by molar-refractivity contribution is 0.467. The summed E-state index contributed by atoms with van der Waals surface area (Å²) < 4.78 is 0. The van der Waals surface area contributed by atoms with Gasteiger partial charge < -0.3 is 5.11 Å². The number of aromatic hydroxyl groups is 1. The second-order valence-corrected chi connectivity index (χ2v) is 8.21. The summed E-state index contributed by atoms with van der Waals surface area (Å²) in [6.07, 6.45) is 11.6. The van der Waals surface area contributed by atoms with E-state index in [0.717, 1.165) is 23.4 Å². The number of benzene rings is 2. The number of hydrogen-bond acceptors (Lipinski definition) is 3. The molecule has 0 saturated heterocycles. The van der Waals surface area contributed by atoms with Crippen molar-refractivity contribution in [3.63, 3.8) is 0 Å². The first-order valence-electron chi connectivity index (χ1n) is 10.8. The number of hydrogen-bond donors (Lipinski definition) is 1. The summed E-state index contributed by atoms with van der Waals surface area (Å²) in [5.41, 5.74) is 3.55. The number of phenols is 1. The number of unbranched alkanes of at least 4 members (excludes halogenated alkanes) is 6. The maximum atomic E-state index is 10.3. The minimum Gasteiger partial charge on any atom is -0.506 e. The van der Waals surface area contributed by atoms with Crippen molar-refractivity contribution in [1.29, 1.82) is 0 Å². The summed E-state index contributed by atoms with van der Waals surface area (Å²) in [5, 5.41) is 19.2.